The van der Waals surface area contributed by atoms with E-state index in [-0.39, 0.29) is 5.91 Å². The largest absolute Gasteiger partial charge is 0.489 e. The highest BCUT2D eigenvalue weighted by Gasteiger charge is 2.23. The zero-order valence-electron chi connectivity index (χ0n) is 19.1. The molecule has 1 aliphatic heterocycles. The minimum Gasteiger partial charge on any atom is -0.489 e. The van der Waals surface area contributed by atoms with E-state index in [2.05, 4.69) is 20.2 Å². The molecule has 9 nitrogen and oxygen atoms in total. The second kappa shape index (κ2) is 9.78. The molecule has 4 heterocycles. The molecule has 0 bridgehead atoms. The summed E-state index contributed by atoms with van der Waals surface area (Å²) < 4.78 is 16.4. The number of hydrogen-bond acceptors (Lipinski definition) is 9. The van der Waals surface area contributed by atoms with Gasteiger partial charge in [0.15, 0.2) is 0 Å². The van der Waals surface area contributed by atoms with Crippen molar-refractivity contribution < 1.29 is 18.6 Å². The van der Waals surface area contributed by atoms with Crippen molar-refractivity contribution in [1.82, 2.24) is 25.1 Å². The van der Waals surface area contributed by atoms with Gasteiger partial charge in [-0.05, 0) is 49.6 Å². The molecular formula is C24H25N5O4S. The second-order valence-corrected chi connectivity index (χ2v) is 9.12. The first-order valence-electron chi connectivity index (χ1n) is 11.1. The predicted octanol–water partition coefficient (Wildman–Crippen LogP) is 3.94. The number of thiophene rings is 1. The van der Waals surface area contributed by atoms with Gasteiger partial charge in [0, 0.05) is 31.7 Å². The van der Waals surface area contributed by atoms with Crippen LogP contribution >= 0.6 is 11.3 Å². The van der Waals surface area contributed by atoms with Gasteiger partial charge < -0.3 is 18.7 Å². The lowest BCUT2D eigenvalue weighted by Crippen LogP contribution is -2.48. The fraction of sp³-hybridized carbons (Fsp3) is 0.333. The monoisotopic (exact) mass is 479 g/mol. The first-order chi connectivity index (χ1) is 16.6. The molecule has 1 fully saturated rings. The highest BCUT2D eigenvalue weighted by molar-refractivity contribution is 7.13. The fourth-order valence-electron chi connectivity index (χ4n) is 3.87. The van der Waals surface area contributed by atoms with Crippen molar-refractivity contribution in [1.29, 1.82) is 0 Å². The Morgan fingerprint density at radius 3 is 2.53 bits per heavy atom. The van der Waals surface area contributed by atoms with Gasteiger partial charge in [-0.25, -0.2) is 0 Å². The third kappa shape index (κ3) is 4.87. The Morgan fingerprint density at radius 2 is 1.85 bits per heavy atom. The minimum atomic E-state index is 0.0229. The lowest BCUT2D eigenvalue weighted by molar-refractivity contribution is 0.0615. The van der Waals surface area contributed by atoms with Crippen LogP contribution in [0.5, 0.6) is 5.75 Å². The molecule has 0 spiro atoms. The van der Waals surface area contributed by atoms with Crippen molar-refractivity contribution in [2.75, 3.05) is 26.2 Å². The Morgan fingerprint density at radius 1 is 1.06 bits per heavy atom. The number of aryl methyl sites for hydroxylation is 2. The maximum Gasteiger partial charge on any atom is 0.253 e. The van der Waals surface area contributed by atoms with Gasteiger partial charge in [0.05, 0.1) is 22.7 Å². The molecule has 0 radical (unpaired) electrons. The van der Waals surface area contributed by atoms with Crippen LogP contribution in [0.15, 0.2) is 50.8 Å². The summed E-state index contributed by atoms with van der Waals surface area (Å²) in [6.45, 7) is 7.51. The molecule has 0 saturated carbocycles. The number of carbonyl (C=O) groups is 1. The number of amides is 1. The summed E-state index contributed by atoms with van der Waals surface area (Å²) in [6.07, 6.45) is 0. The average Bonchev–Trinajstić information content (AvgIpc) is 3.61. The van der Waals surface area contributed by atoms with Crippen LogP contribution in [0.4, 0.5) is 0 Å². The van der Waals surface area contributed by atoms with Crippen LogP contribution in [0, 0.1) is 13.8 Å². The van der Waals surface area contributed by atoms with Crippen LogP contribution in [-0.2, 0) is 13.2 Å². The van der Waals surface area contributed by atoms with E-state index in [0.717, 1.165) is 35.0 Å². The van der Waals surface area contributed by atoms with E-state index in [4.69, 9.17) is 13.8 Å². The van der Waals surface area contributed by atoms with Crippen LogP contribution in [0.3, 0.4) is 0 Å². The molecule has 0 aliphatic carbocycles. The summed E-state index contributed by atoms with van der Waals surface area (Å²) in [7, 11) is 0. The van der Waals surface area contributed by atoms with E-state index in [1.54, 1.807) is 11.3 Å². The highest BCUT2D eigenvalue weighted by atomic mass is 32.1. The molecule has 10 heteroatoms. The molecule has 34 heavy (non-hydrogen) atoms. The summed E-state index contributed by atoms with van der Waals surface area (Å²) in [5.41, 5.74) is 2.42. The molecule has 4 aromatic rings. The normalized spacial score (nSPS) is 14.5. The molecule has 3 aromatic heterocycles. The second-order valence-electron chi connectivity index (χ2n) is 8.17. The Hall–Kier alpha value is -3.50. The first kappa shape index (κ1) is 22.3. The van der Waals surface area contributed by atoms with Gasteiger partial charge in [0.1, 0.15) is 18.1 Å². The number of ether oxygens (including phenoxy) is 1. The Kier molecular flexibility index (Phi) is 6.41. The minimum absolute atomic E-state index is 0.0229. The molecule has 0 N–H and O–H groups in total. The number of aromatic nitrogens is 3. The predicted molar refractivity (Wildman–Crippen MR) is 126 cm³/mol. The lowest BCUT2D eigenvalue weighted by atomic mass is 10.1. The van der Waals surface area contributed by atoms with Gasteiger partial charge in [-0.15, -0.1) is 11.3 Å². The number of rotatable bonds is 7. The van der Waals surface area contributed by atoms with Crippen LogP contribution < -0.4 is 4.74 Å². The van der Waals surface area contributed by atoms with Crippen LogP contribution in [-0.4, -0.2) is 57.2 Å². The Bertz CT molecular complexity index is 1220. The number of piperazine rings is 1. The van der Waals surface area contributed by atoms with Gasteiger partial charge in [-0.2, -0.15) is 4.98 Å². The van der Waals surface area contributed by atoms with E-state index >= 15 is 0 Å². The Labute approximate surface area is 200 Å². The van der Waals surface area contributed by atoms with Crippen LogP contribution in [0.25, 0.3) is 10.7 Å². The summed E-state index contributed by atoms with van der Waals surface area (Å²) in [4.78, 5) is 22.5. The van der Waals surface area contributed by atoms with Gasteiger partial charge in [-0.3, -0.25) is 9.69 Å². The third-order valence-corrected chi connectivity index (χ3v) is 6.76. The van der Waals surface area contributed by atoms with Crippen molar-refractivity contribution in [3.05, 3.63) is 70.3 Å². The van der Waals surface area contributed by atoms with E-state index in [1.165, 1.54) is 0 Å². The van der Waals surface area contributed by atoms with E-state index in [0.29, 0.717) is 49.3 Å². The molecule has 0 atom stereocenters. The summed E-state index contributed by atoms with van der Waals surface area (Å²) in [6, 6.07) is 11.2. The molecule has 1 amide bonds. The van der Waals surface area contributed by atoms with Crippen molar-refractivity contribution in [2.24, 2.45) is 0 Å². The van der Waals surface area contributed by atoms with Crippen LogP contribution in [0.1, 0.15) is 33.3 Å². The first-order valence-corrected chi connectivity index (χ1v) is 12.0. The topological polar surface area (TPSA) is 97.7 Å². The summed E-state index contributed by atoms with van der Waals surface area (Å²) >= 11 is 1.58. The van der Waals surface area contributed by atoms with E-state index < -0.39 is 0 Å². The van der Waals surface area contributed by atoms with Crippen molar-refractivity contribution in [3.8, 4) is 16.5 Å². The van der Waals surface area contributed by atoms with E-state index in [1.807, 2.05) is 60.5 Å². The third-order valence-electron chi connectivity index (χ3n) is 5.89. The average molecular weight is 480 g/mol. The molecule has 176 valence electrons. The number of carbonyl (C=O) groups excluding carboxylic acids is 1. The summed E-state index contributed by atoms with van der Waals surface area (Å²) in [5.74, 6) is 2.69. The van der Waals surface area contributed by atoms with Gasteiger partial charge >= 0.3 is 0 Å². The molecule has 5 rings (SSSR count). The van der Waals surface area contributed by atoms with Crippen molar-refractivity contribution in [3.63, 3.8) is 0 Å². The maximum atomic E-state index is 13.0. The van der Waals surface area contributed by atoms with Crippen molar-refractivity contribution in [2.45, 2.75) is 27.0 Å². The van der Waals surface area contributed by atoms with Crippen molar-refractivity contribution >= 4 is 17.2 Å². The highest BCUT2D eigenvalue weighted by Crippen LogP contribution is 2.22. The Balaban J connectivity index is 1.11. The SMILES string of the molecule is Cc1noc(C)c1COc1ccc(C(=O)N2CCN(Cc3nc(-c4cccs4)no3)CC2)cc1. The quantitative estimate of drug-likeness (QED) is 0.393. The van der Waals surface area contributed by atoms with Gasteiger partial charge in [0.25, 0.3) is 5.91 Å². The van der Waals surface area contributed by atoms with Crippen LogP contribution in [0.2, 0.25) is 0 Å². The van der Waals surface area contributed by atoms with E-state index in [9.17, 15) is 4.79 Å². The number of hydrogen-bond donors (Lipinski definition) is 0. The number of nitrogens with zero attached hydrogens (tertiary/aromatic N) is 5. The molecule has 1 aromatic carbocycles. The fourth-order valence-corrected chi connectivity index (χ4v) is 4.51. The van der Waals surface area contributed by atoms with Gasteiger partial charge in [-0.1, -0.05) is 16.4 Å². The summed E-state index contributed by atoms with van der Waals surface area (Å²) in [5, 5.41) is 9.99. The number of benzene rings is 1. The standard InChI is InChI=1S/C24H25N5O4S/c1-16-20(17(2)32-26-16)15-31-19-7-5-18(6-8-19)24(30)29-11-9-28(10-12-29)14-22-25-23(27-33-22)21-4-3-13-34-21/h3-8,13H,9-12,14-15H2,1-2H3. The zero-order chi connectivity index (χ0) is 23.5. The zero-order valence-corrected chi connectivity index (χ0v) is 19.9. The smallest absolute Gasteiger partial charge is 0.253 e. The molecule has 1 saturated heterocycles. The molecule has 0 unspecified atom stereocenters. The lowest BCUT2D eigenvalue weighted by Gasteiger charge is -2.34. The molecular weight excluding hydrogens is 454 g/mol. The van der Waals surface area contributed by atoms with Gasteiger partial charge in [0.2, 0.25) is 11.7 Å². The molecule has 1 aliphatic rings. The maximum absolute atomic E-state index is 13.0.